The van der Waals surface area contributed by atoms with E-state index in [2.05, 4.69) is 5.32 Å². The van der Waals surface area contributed by atoms with Gasteiger partial charge in [-0.2, -0.15) is 0 Å². The number of amides is 1. The van der Waals surface area contributed by atoms with Gasteiger partial charge >= 0.3 is 0 Å². The van der Waals surface area contributed by atoms with E-state index in [1.165, 1.54) is 6.07 Å². The zero-order chi connectivity index (χ0) is 14.5. The number of carbonyl (C=O) groups excluding carboxylic acids is 1. The lowest BCUT2D eigenvalue weighted by molar-refractivity contribution is -0.383. The number of nitro groups is 1. The molecule has 8 heteroatoms. The number of nitrogens with one attached hydrogen (secondary N) is 1. The molecule has 0 aliphatic carbocycles. The van der Waals surface area contributed by atoms with Crippen molar-refractivity contribution in [2.24, 2.45) is 5.73 Å². The minimum Gasteiger partial charge on any atom is -0.371 e. The number of para-hydroxylation sites is 2. The number of anilines is 1. The Kier molecular flexibility index (Phi) is 6.39. The predicted molar refractivity (Wildman–Crippen MR) is 82.6 cm³/mol. The third-order valence-corrected chi connectivity index (χ3v) is 3.34. The Hall–Kier alpha value is -1.86. The Morgan fingerprint density at radius 3 is 2.86 bits per heavy atom. The smallest absolute Gasteiger partial charge is 0.292 e. The first-order valence-electron chi connectivity index (χ1n) is 6.58. The Morgan fingerprint density at radius 2 is 2.19 bits per heavy atom. The highest BCUT2D eigenvalue weighted by Crippen LogP contribution is 2.22. The van der Waals surface area contributed by atoms with Crippen molar-refractivity contribution < 1.29 is 9.72 Å². The standard InChI is InChI=1S/C13H18N4O3.ClH/c14-10-4-3-7-16(9-10)13(18)8-15-11-5-1-2-6-12(11)17(19)20;/h1-2,5-6,10,15H,3-4,7-9,14H2;1H. The summed E-state index contributed by atoms with van der Waals surface area (Å²) in [6.07, 6.45) is 1.83. The average molecular weight is 315 g/mol. The summed E-state index contributed by atoms with van der Waals surface area (Å²) in [6.45, 7) is 1.29. The molecule has 0 saturated carbocycles. The van der Waals surface area contributed by atoms with Gasteiger partial charge in [0.25, 0.3) is 5.69 Å². The van der Waals surface area contributed by atoms with Crippen molar-refractivity contribution >= 4 is 29.7 Å². The number of nitrogens with zero attached hydrogens (tertiary/aromatic N) is 2. The lowest BCUT2D eigenvalue weighted by Crippen LogP contribution is -2.47. The summed E-state index contributed by atoms with van der Waals surface area (Å²) >= 11 is 0. The Morgan fingerprint density at radius 1 is 1.48 bits per heavy atom. The van der Waals surface area contributed by atoms with Crippen molar-refractivity contribution in [2.45, 2.75) is 18.9 Å². The quantitative estimate of drug-likeness (QED) is 0.645. The fourth-order valence-corrected chi connectivity index (χ4v) is 2.30. The molecule has 0 aromatic heterocycles. The van der Waals surface area contributed by atoms with E-state index >= 15 is 0 Å². The maximum absolute atomic E-state index is 12.0. The molecule has 1 atom stereocenters. The van der Waals surface area contributed by atoms with Crippen LogP contribution in [0, 0.1) is 10.1 Å². The van der Waals surface area contributed by atoms with Gasteiger partial charge in [0, 0.05) is 25.2 Å². The number of rotatable bonds is 4. The molecule has 1 fully saturated rings. The summed E-state index contributed by atoms with van der Waals surface area (Å²) in [5.74, 6) is -0.0849. The highest BCUT2D eigenvalue weighted by molar-refractivity contribution is 5.85. The molecular formula is C13H19ClN4O3. The molecule has 7 nitrogen and oxygen atoms in total. The summed E-state index contributed by atoms with van der Waals surface area (Å²) in [6, 6.07) is 6.31. The van der Waals surface area contributed by atoms with Crippen molar-refractivity contribution in [1.29, 1.82) is 0 Å². The van der Waals surface area contributed by atoms with Crippen molar-refractivity contribution in [2.75, 3.05) is 25.0 Å². The van der Waals surface area contributed by atoms with Gasteiger partial charge in [-0.05, 0) is 18.9 Å². The molecule has 21 heavy (non-hydrogen) atoms. The normalized spacial score (nSPS) is 17.8. The van der Waals surface area contributed by atoms with E-state index in [4.69, 9.17) is 5.73 Å². The molecule has 0 bridgehead atoms. The lowest BCUT2D eigenvalue weighted by Gasteiger charge is -2.30. The Bertz CT molecular complexity index is 512. The number of carbonyl (C=O) groups is 1. The molecule has 1 heterocycles. The van der Waals surface area contributed by atoms with Crippen LogP contribution in [0.5, 0.6) is 0 Å². The largest absolute Gasteiger partial charge is 0.371 e. The van der Waals surface area contributed by atoms with E-state index in [1.807, 2.05) is 0 Å². The van der Waals surface area contributed by atoms with E-state index in [0.29, 0.717) is 18.8 Å². The molecule has 1 aliphatic rings. The molecule has 1 aliphatic heterocycles. The zero-order valence-electron chi connectivity index (χ0n) is 11.5. The van der Waals surface area contributed by atoms with Crippen LogP contribution >= 0.6 is 12.4 Å². The van der Waals surface area contributed by atoms with Gasteiger partial charge in [-0.25, -0.2) is 0 Å². The van der Waals surface area contributed by atoms with Gasteiger partial charge in [0.05, 0.1) is 11.5 Å². The number of nitrogens with two attached hydrogens (primary N) is 1. The van der Waals surface area contributed by atoms with Gasteiger partial charge in [-0.1, -0.05) is 12.1 Å². The molecule has 1 saturated heterocycles. The van der Waals surface area contributed by atoms with Crippen molar-refractivity contribution in [1.82, 2.24) is 4.90 Å². The van der Waals surface area contributed by atoms with Crippen LogP contribution in [-0.4, -0.2) is 41.4 Å². The highest BCUT2D eigenvalue weighted by Gasteiger charge is 2.21. The third-order valence-electron chi connectivity index (χ3n) is 3.34. The minimum absolute atomic E-state index is 0. The summed E-state index contributed by atoms with van der Waals surface area (Å²) in [7, 11) is 0. The minimum atomic E-state index is -0.469. The van der Waals surface area contributed by atoms with Crippen LogP contribution in [0.2, 0.25) is 0 Å². The van der Waals surface area contributed by atoms with E-state index in [-0.39, 0.29) is 36.6 Å². The molecule has 1 amide bonds. The first kappa shape index (κ1) is 17.2. The van der Waals surface area contributed by atoms with Crippen LogP contribution in [0.3, 0.4) is 0 Å². The van der Waals surface area contributed by atoms with Crippen molar-refractivity contribution in [3.05, 3.63) is 34.4 Å². The van der Waals surface area contributed by atoms with Gasteiger partial charge in [-0.15, -0.1) is 12.4 Å². The molecule has 0 spiro atoms. The summed E-state index contributed by atoms with van der Waals surface area (Å²) in [5.41, 5.74) is 6.15. The van der Waals surface area contributed by atoms with Gasteiger partial charge in [0.15, 0.2) is 0 Å². The van der Waals surface area contributed by atoms with Gasteiger partial charge in [0.2, 0.25) is 5.91 Å². The van der Waals surface area contributed by atoms with Gasteiger partial charge in [0.1, 0.15) is 5.69 Å². The zero-order valence-corrected chi connectivity index (χ0v) is 12.3. The number of hydrogen-bond acceptors (Lipinski definition) is 5. The SMILES string of the molecule is Cl.NC1CCCN(C(=O)CNc2ccccc2[N+](=O)[O-])C1. The summed E-state index contributed by atoms with van der Waals surface area (Å²) in [5, 5.41) is 13.7. The van der Waals surface area contributed by atoms with Crippen molar-refractivity contribution in [3.8, 4) is 0 Å². The number of halogens is 1. The number of hydrogen-bond donors (Lipinski definition) is 2. The fourth-order valence-electron chi connectivity index (χ4n) is 2.30. The highest BCUT2D eigenvalue weighted by atomic mass is 35.5. The number of benzene rings is 1. The van der Waals surface area contributed by atoms with E-state index in [1.54, 1.807) is 23.1 Å². The van der Waals surface area contributed by atoms with Gasteiger partial charge in [-0.3, -0.25) is 14.9 Å². The van der Waals surface area contributed by atoms with Crippen LogP contribution in [0.25, 0.3) is 0 Å². The number of piperidine rings is 1. The van der Waals surface area contributed by atoms with Crippen LogP contribution in [0.1, 0.15) is 12.8 Å². The second kappa shape index (κ2) is 7.80. The molecule has 1 aromatic carbocycles. The topological polar surface area (TPSA) is 102 Å². The van der Waals surface area contributed by atoms with Crippen LogP contribution < -0.4 is 11.1 Å². The van der Waals surface area contributed by atoms with Crippen molar-refractivity contribution in [3.63, 3.8) is 0 Å². The molecule has 2 rings (SSSR count). The first-order chi connectivity index (χ1) is 9.58. The monoisotopic (exact) mass is 314 g/mol. The Balaban J connectivity index is 0.00000220. The second-order valence-electron chi connectivity index (χ2n) is 4.87. The first-order valence-corrected chi connectivity index (χ1v) is 6.58. The fraction of sp³-hybridized carbons (Fsp3) is 0.462. The number of likely N-dealkylation sites (tertiary alicyclic amines) is 1. The third kappa shape index (κ3) is 4.57. The second-order valence-corrected chi connectivity index (χ2v) is 4.87. The van der Waals surface area contributed by atoms with Crippen LogP contribution in [-0.2, 0) is 4.79 Å². The predicted octanol–water partition coefficient (Wildman–Crippen LogP) is 1.38. The van der Waals surface area contributed by atoms with Crippen LogP contribution in [0.15, 0.2) is 24.3 Å². The Labute approximate surface area is 129 Å². The number of nitro benzene ring substituents is 1. The molecule has 3 N–H and O–H groups in total. The van der Waals surface area contributed by atoms with E-state index in [9.17, 15) is 14.9 Å². The average Bonchev–Trinajstić information content (AvgIpc) is 2.45. The van der Waals surface area contributed by atoms with Gasteiger partial charge < -0.3 is 16.0 Å². The van der Waals surface area contributed by atoms with E-state index < -0.39 is 4.92 Å². The molecule has 0 radical (unpaired) electrons. The molecule has 1 unspecified atom stereocenters. The summed E-state index contributed by atoms with van der Waals surface area (Å²) in [4.78, 5) is 24.1. The summed E-state index contributed by atoms with van der Waals surface area (Å²) < 4.78 is 0. The molecular weight excluding hydrogens is 296 g/mol. The maximum atomic E-state index is 12.0. The molecule has 116 valence electrons. The van der Waals surface area contributed by atoms with E-state index in [0.717, 1.165) is 12.8 Å². The molecule has 1 aromatic rings. The maximum Gasteiger partial charge on any atom is 0.292 e. The lowest BCUT2D eigenvalue weighted by atomic mass is 10.1. The van der Waals surface area contributed by atoms with Crippen LogP contribution in [0.4, 0.5) is 11.4 Å².